The van der Waals surface area contributed by atoms with E-state index in [1.165, 1.54) is 17.3 Å². The van der Waals surface area contributed by atoms with Gasteiger partial charge in [-0.25, -0.2) is 8.78 Å². The van der Waals surface area contributed by atoms with Crippen molar-refractivity contribution in [1.82, 2.24) is 0 Å². The molecule has 122 valence electrons. The summed E-state index contributed by atoms with van der Waals surface area (Å²) in [5.74, 6) is -1.27. The Morgan fingerprint density at radius 1 is 1.22 bits per heavy atom. The summed E-state index contributed by atoms with van der Waals surface area (Å²) in [4.78, 5) is 12.9. The van der Waals surface area contributed by atoms with E-state index in [-0.39, 0.29) is 21.8 Å². The summed E-state index contributed by atoms with van der Waals surface area (Å²) in [5, 5.41) is 2.46. The molecule has 2 nitrogen and oxygen atoms in total. The smallest absolute Gasteiger partial charge is 0.234 e. The molecule has 23 heavy (non-hydrogen) atoms. The Morgan fingerprint density at radius 2 is 1.87 bits per heavy atom. The Bertz CT molecular complexity index is 681. The van der Waals surface area contributed by atoms with Crippen molar-refractivity contribution in [3.8, 4) is 0 Å². The van der Waals surface area contributed by atoms with Crippen molar-refractivity contribution in [2.45, 2.75) is 24.7 Å². The zero-order chi connectivity index (χ0) is 17.0. The average molecular weight is 400 g/mol. The molecule has 2 rings (SSSR count). The van der Waals surface area contributed by atoms with Crippen molar-refractivity contribution in [2.24, 2.45) is 0 Å². The number of benzene rings is 2. The monoisotopic (exact) mass is 399 g/mol. The summed E-state index contributed by atoms with van der Waals surface area (Å²) in [6.45, 7) is 4.23. The second-order valence-electron chi connectivity index (χ2n) is 5.31. The topological polar surface area (TPSA) is 29.1 Å². The van der Waals surface area contributed by atoms with Crippen LogP contribution in [0.15, 0.2) is 45.8 Å². The number of carbonyl (C=O) groups is 1. The van der Waals surface area contributed by atoms with Crippen LogP contribution in [0.25, 0.3) is 0 Å². The number of anilines is 1. The Hall–Kier alpha value is -1.40. The molecule has 0 aliphatic rings. The van der Waals surface area contributed by atoms with Gasteiger partial charge in [-0.1, -0.05) is 26.0 Å². The first-order valence-electron chi connectivity index (χ1n) is 7.04. The van der Waals surface area contributed by atoms with Crippen LogP contribution in [0.4, 0.5) is 14.5 Å². The predicted octanol–water partition coefficient (Wildman–Crippen LogP) is 5.58. The van der Waals surface area contributed by atoms with Crippen molar-refractivity contribution < 1.29 is 13.6 Å². The van der Waals surface area contributed by atoms with E-state index in [9.17, 15) is 13.6 Å². The average Bonchev–Trinajstić information content (AvgIpc) is 2.49. The fraction of sp³-hybridized carbons (Fsp3) is 0.235. The molecule has 0 aliphatic carbocycles. The van der Waals surface area contributed by atoms with Gasteiger partial charge in [-0.15, -0.1) is 11.8 Å². The molecule has 0 aliphatic heterocycles. The molecule has 0 aromatic heterocycles. The third kappa shape index (κ3) is 5.04. The molecule has 0 saturated carbocycles. The van der Waals surface area contributed by atoms with E-state index in [2.05, 4.69) is 35.1 Å². The van der Waals surface area contributed by atoms with Crippen LogP contribution in [-0.4, -0.2) is 11.7 Å². The van der Waals surface area contributed by atoms with E-state index >= 15 is 0 Å². The van der Waals surface area contributed by atoms with Crippen LogP contribution in [0, 0.1) is 11.6 Å². The van der Waals surface area contributed by atoms with Gasteiger partial charge in [0.2, 0.25) is 5.91 Å². The molecule has 0 bridgehead atoms. The number of carbonyl (C=O) groups excluding carboxylic acids is 1. The Morgan fingerprint density at radius 3 is 2.43 bits per heavy atom. The molecule has 0 heterocycles. The number of rotatable bonds is 5. The minimum Gasteiger partial charge on any atom is -0.322 e. The van der Waals surface area contributed by atoms with Gasteiger partial charge in [0, 0.05) is 15.4 Å². The molecule has 0 radical (unpaired) electrons. The third-order valence-corrected chi connectivity index (χ3v) is 4.83. The van der Waals surface area contributed by atoms with Gasteiger partial charge in [0.25, 0.3) is 0 Å². The molecule has 6 heteroatoms. The second kappa shape index (κ2) is 7.93. The van der Waals surface area contributed by atoms with Crippen LogP contribution < -0.4 is 5.32 Å². The number of halogens is 3. The van der Waals surface area contributed by atoms with Crippen LogP contribution in [0.3, 0.4) is 0 Å². The Labute approximate surface area is 146 Å². The molecular weight excluding hydrogens is 384 g/mol. The van der Waals surface area contributed by atoms with Gasteiger partial charge in [0.05, 0.1) is 11.4 Å². The van der Waals surface area contributed by atoms with Gasteiger partial charge >= 0.3 is 0 Å². The van der Waals surface area contributed by atoms with E-state index in [1.807, 2.05) is 24.3 Å². The van der Waals surface area contributed by atoms with Crippen LogP contribution in [0.1, 0.15) is 25.3 Å². The lowest BCUT2D eigenvalue weighted by atomic mass is 10.0. The number of hydrogen-bond donors (Lipinski definition) is 1. The number of amides is 1. The number of hydrogen-bond acceptors (Lipinski definition) is 2. The highest BCUT2D eigenvalue weighted by Crippen LogP contribution is 2.27. The molecule has 0 atom stereocenters. The summed E-state index contributed by atoms with van der Waals surface area (Å²) in [6, 6.07) is 9.82. The van der Waals surface area contributed by atoms with Crippen molar-refractivity contribution in [3.63, 3.8) is 0 Å². The maximum Gasteiger partial charge on any atom is 0.234 e. The van der Waals surface area contributed by atoms with Crippen molar-refractivity contribution in [3.05, 3.63) is 58.1 Å². The van der Waals surface area contributed by atoms with Crippen LogP contribution in [-0.2, 0) is 4.79 Å². The summed E-state index contributed by atoms with van der Waals surface area (Å²) in [6.07, 6.45) is 0. The SMILES string of the molecule is CC(C)c1ccc(SCC(=O)Nc2c(F)cc(F)cc2Br)cc1. The lowest BCUT2D eigenvalue weighted by Gasteiger charge is -2.09. The maximum atomic E-state index is 13.7. The summed E-state index contributed by atoms with van der Waals surface area (Å²) in [5.41, 5.74) is 1.18. The van der Waals surface area contributed by atoms with Crippen LogP contribution in [0.2, 0.25) is 0 Å². The molecule has 0 saturated heterocycles. The quantitative estimate of drug-likeness (QED) is 0.664. The molecular formula is C17H16BrF2NOS. The van der Waals surface area contributed by atoms with Crippen LogP contribution in [0.5, 0.6) is 0 Å². The lowest BCUT2D eigenvalue weighted by molar-refractivity contribution is -0.113. The molecule has 0 spiro atoms. The van der Waals surface area contributed by atoms with E-state index in [4.69, 9.17) is 0 Å². The third-order valence-electron chi connectivity index (χ3n) is 3.19. The van der Waals surface area contributed by atoms with E-state index in [1.54, 1.807) is 0 Å². The lowest BCUT2D eigenvalue weighted by Crippen LogP contribution is -2.15. The molecule has 0 fully saturated rings. The normalized spacial score (nSPS) is 10.9. The number of thioether (sulfide) groups is 1. The van der Waals surface area contributed by atoms with Gasteiger partial charge in [-0.2, -0.15) is 0 Å². The zero-order valence-electron chi connectivity index (χ0n) is 12.7. The van der Waals surface area contributed by atoms with E-state index in [0.29, 0.717) is 5.92 Å². The van der Waals surface area contributed by atoms with E-state index in [0.717, 1.165) is 17.0 Å². The first kappa shape index (κ1) is 17.9. The summed E-state index contributed by atoms with van der Waals surface area (Å²) >= 11 is 4.40. The minimum absolute atomic E-state index is 0.0489. The largest absolute Gasteiger partial charge is 0.322 e. The first-order chi connectivity index (χ1) is 10.9. The first-order valence-corrected chi connectivity index (χ1v) is 8.82. The van der Waals surface area contributed by atoms with Gasteiger partial charge in [0.1, 0.15) is 5.82 Å². The minimum atomic E-state index is -0.809. The highest BCUT2D eigenvalue weighted by atomic mass is 79.9. The van der Waals surface area contributed by atoms with Gasteiger partial charge in [-0.3, -0.25) is 4.79 Å². The predicted molar refractivity (Wildman–Crippen MR) is 93.9 cm³/mol. The van der Waals surface area contributed by atoms with Crippen molar-refractivity contribution in [2.75, 3.05) is 11.1 Å². The Balaban J connectivity index is 1.95. The fourth-order valence-electron chi connectivity index (χ4n) is 1.93. The Kier molecular flexibility index (Phi) is 6.18. The van der Waals surface area contributed by atoms with Gasteiger partial charge in [0.15, 0.2) is 5.82 Å². The van der Waals surface area contributed by atoms with Gasteiger partial charge in [-0.05, 0) is 45.6 Å². The maximum absolute atomic E-state index is 13.7. The second-order valence-corrected chi connectivity index (χ2v) is 7.21. The summed E-state index contributed by atoms with van der Waals surface area (Å²) < 4.78 is 26.9. The molecule has 2 aromatic rings. The standard InChI is InChI=1S/C17H16BrF2NOS/c1-10(2)11-3-5-13(6-4-11)23-9-16(22)21-17-14(18)7-12(19)8-15(17)20/h3-8,10H,9H2,1-2H3,(H,21,22). The summed E-state index contributed by atoms with van der Waals surface area (Å²) in [7, 11) is 0. The molecule has 2 aromatic carbocycles. The number of nitrogens with one attached hydrogen (secondary N) is 1. The van der Waals surface area contributed by atoms with E-state index < -0.39 is 11.6 Å². The van der Waals surface area contributed by atoms with Crippen molar-refractivity contribution >= 4 is 39.3 Å². The van der Waals surface area contributed by atoms with Crippen molar-refractivity contribution in [1.29, 1.82) is 0 Å². The molecule has 1 amide bonds. The molecule has 1 N–H and O–H groups in total. The fourth-order valence-corrected chi connectivity index (χ4v) is 3.14. The highest BCUT2D eigenvalue weighted by molar-refractivity contribution is 9.10. The van der Waals surface area contributed by atoms with Gasteiger partial charge < -0.3 is 5.32 Å². The van der Waals surface area contributed by atoms with Crippen LogP contribution >= 0.6 is 27.7 Å². The zero-order valence-corrected chi connectivity index (χ0v) is 15.1. The highest BCUT2D eigenvalue weighted by Gasteiger charge is 2.13. The molecule has 0 unspecified atom stereocenters.